The molecular weight excluding hydrogens is 1690 g/mol. The maximum atomic E-state index is 2.47. The molecule has 0 atom stereocenters. The Bertz CT molecular complexity index is 9080. The van der Waals surface area contributed by atoms with Crippen LogP contribution in [0.5, 0.6) is 0 Å². The van der Waals surface area contributed by atoms with Gasteiger partial charge in [0.15, 0.2) is 0 Å². The summed E-state index contributed by atoms with van der Waals surface area (Å²) in [7, 11) is 0. The number of fused-ring (bicyclic) bond motifs is 13. The molecule has 0 saturated carbocycles. The van der Waals surface area contributed by atoms with Crippen molar-refractivity contribution in [3.05, 3.63) is 546 Å². The molecule has 140 heavy (non-hydrogen) atoms. The molecule has 0 N–H and O–H groups in total. The third-order valence-electron chi connectivity index (χ3n) is 28.5. The highest BCUT2D eigenvalue weighted by Crippen LogP contribution is 2.55. The number of anilines is 6. The predicted molar refractivity (Wildman–Crippen MR) is 597 cm³/mol. The fourth-order valence-corrected chi connectivity index (χ4v) is 22.3. The van der Waals surface area contributed by atoms with E-state index in [1.807, 2.05) is 0 Å². The quantitative estimate of drug-likeness (QED) is 0.0897. The molecule has 4 heteroatoms. The van der Waals surface area contributed by atoms with Crippen LogP contribution >= 0.6 is 0 Å². The summed E-state index contributed by atoms with van der Waals surface area (Å²) in [4.78, 5) is 4.85. The Balaban J connectivity index is 0.000000146. The fraction of sp³-hybridized carbons (Fsp3) is 0. The zero-order valence-electron chi connectivity index (χ0n) is 76.8. The predicted octanol–water partition coefficient (Wildman–Crippen LogP) is 37.9. The number of rotatable bonds is 16. The maximum absolute atomic E-state index is 2.47. The normalized spacial score (nSPS) is 11.6. The molecule has 2 heterocycles. The monoisotopic (exact) mass is 1780 g/mol. The van der Waals surface area contributed by atoms with Crippen molar-refractivity contribution < 1.29 is 0 Å². The second kappa shape index (κ2) is 35.1. The Labute approximate surface area is 812 Å². The molecule has 0 amide bonds. The van der Waals surface area contributed by atoms with Crippen LogP contribution in [0.15, 0.2) is 546 Å². The fourth-order valence-electron chi connectivity index (χ4n) is 22.3. The van der Waals surface area contributed by atoms with Crippen LogP contribution in [-0.4, -0.2) is 9.13 Å². The zero-order chi connectivity index (χ0) is 92.5. The van der Waals surface area contributed by atoms with Crippen molar-refractivity contribution in [3.8, 4) is 100 Å². The van der Waals surface area contributed by atoms with Crippen LogP contribution in [0, 0.1) is 0 Å². The number of hydrogen-bond donors (Lipinski definition) is 0. The second-order valence-electron chi connectivity index (χ2n) is 36.4. The molecule has 27 rings (SSSR count). The molecule has 0 aliphatic heterocycles. The van der Waals surface area contributed by atoms with Gasteiger partial charge in [0.1, 0.15) is 0 Å². The highest BCUT2D eigenvalue weighted by Gasteiger charge is 2.29. The molecule has 0 radical (unpaired) electrons. The number of para-hydroxylation sites is 2. The van der Waals surface area contributed by atoms with Crippen molar-refractivity contribution in [3.63, 3.8) is 0 Å². The molecule has 25 aromatic carbocycles. The van der Waals surface area contributed by atoms with Crippen molar-refractivity contribution in [2.24, 2.45) is 0 Å². The van der Waals surface area contributed by atoms with Crippen molar-refractivity contribution in [1.82, 2.24) is 9.13 Å². The maximum Gasteiger partial charge on any atom is 0.0618 e. The minimum absolute atomic E-state index is 1.08. The molecule has 654 valence electrons. The summed E-state index contributed by atoms with van der Waals surface area (Å²) in [5.74, 6) is 0. The summed E-state index contributed by atoms with van der Waals surface area (Å²) in [6.45, 7) is 0. The lowest BCUT2D eigenvalue weighted by atomic mass is 9.82. The molecule has 2 aromatic heterocycles. The Kier molecular flexibility index (Phi) is 20.6. The van der Waals surface area contributed by atoms with Gasteiger partial charge >= 0.3 is 0 Å². The highest BCUT2D eigenvalue weighted by atomic mass is 15.2. The van der Waals surface area contributed by atoms with Gasteiger partial charge < -0.3 is 18.9 Å². The average molecular weight is 1780 g/mol. The van der Waals surface area contributed by atoms with Crippen LogP contribution in [0.2, 0.25) is 0 Å². The first kappa shape index (κ1) is 82.2. The largest absolute Gasteiger partial charge is 0.310 e. The second-order valence-corrected chi connectivity index (χ2v) is 36.4. The van der Waals surface area contributed by atoms with Crippen molar-refractivity contribution >= 4 is 153 Å². The minimum atomic E-state index is 1.08. The summed E-state index contributed by atoms with van der Waals surface area (Å²) in [6.07, 6.45) is 0. The van der Waals surface area contributed by atoms with Gasteiger partial charge in [-0.05, 0) is 287 Å². The third-order valence-corrected chi connectivity index (χ3v) is 28.5. The summed E-state index contributed by atoms with van der Waals surface area (Å²) in [5.41, 5.74) is 33.1. The third kappa shape index (κ3) is 14.3. The van der Waals surface area contributed by atoms with Gasteiger partial charge in [-0.3, -0.25) is 0 Å². The van der Waals surface area contributed by atoms with E-state index in [9.17, 15) is 0 Å². The molecule has 0 unspecified atom stereocenters. The van der Waals surface area contributed by atoms with Crippen LogP contribution in [-0.2, 0) is 0 Å². The molecule has 0 bridgehead atoms. The van der Waals surface area contributed by atoms with Gasteiger partial charge in [0, 0.05) is 72.1 Å². The van der Waals surface area contributed by atoms with Gasteiger partial charge in [0.05, 0.1) is 27.8 Å². The lowest BCUT2D eigenvalue weighted by Gasteiger charge is -2.30. The first-order valence-corrected chi connectivity index (χ1v) is 48.3. The van der Waals surface area contributed by atoms with Crippen molar-refractivity contribution in [2.75, 3.05) is 9.80 Å². The summed E-state index contributed by atoms with van der Waals surface area (Å²) >= 11 is 0. The number of benzene rings is 25. The van der Waals surface area contributed by atoms with Gasteiger partial charge in [0.25, 0.3) is 0 Å². The van der Waals surface area contributed by atoms with E-state index in [-0.39, 0.29) is 0 Å². The summed E-state index contributed by atoms with van der Waals surface area (Å²) < 4.78 is 4.85. The van der Waals surface area contributed by atoms with E-state index >= 15 is 0 Å². The van der Waals surface area contributed by atoms with E-state index in [1.54, 1.807) is 0 Å². The Morgan fingerprint density at radius 1 is 0.129 bits per heavy atom. The van der Waals surface area contributed by atoms with E-state index < -0.39 is 0 Å². The Hall–Kier alpha value is -18.5. The molecule has 0 spiro atoms. The summed E-state index contributed by atoms with van der Waals surface area (Å²) in [6, 6.07) is 200. The Morgan fingerprint density at radius 2 is 0.379 bits per heavy atom. The first-order chi connectivity index (χ1) is 69.5. The van der Waals surface area contributed by atoms with Crippen LogP contribution in [0.1, 0.15) is 0 Å². The van der Waals surface area contributed by atoms with Crippen LogP contribution in [0.4, 0.5) is 34.1 Å². The van der Waals surface area contributed by atoms with Crippen LogP contribution in [0.25, 0.3) is 219 Å². The van der Waals surface area contributed by atoms with E-state index in [0.717, 1.165) is 45.5 Å². The average Bonchev–Trinajstić information content (AvgIpc) is 1.12. The molecular formula is C136H90N4. The van der Waals surface area contributed by atoms with Crippen molar-refractivity contribution in [1.29, 1.82) is 0 Å². The zero-order valence-corrected chi connectivity index (χ0v) is 76.8. The van der Waals surface area contributed by atoms with Gasteiger partial charge in [-0.2, -0.15) is 0 Å². The standard InChI is InChI=1S/C74H48N2.C62H42N2/c1-4-21-49(22-5-1)52-39-45-69-67(47-52)68-48-53(50-23-6-2-7-24-50)40-46-70(68)76(69)56-43-41-55(42-44-56)75(54-27-8-3-9-28-54)74-65-36-18-16-34-63(65)73(64-35-17-19-37-66(64)74)72-61-32-14-12-30-59(61)71(60-31-13-15-33-62(60)72)58-38-20-26-51-25-10-11-29-57(51)58;1-5-18-43(19-6-1)46-32-38-59-57(41-46)58-42-47(44-20-7-2-8-21-44)33-39-60(58)64(59)51-36-34-50(35-37-51)63(49-25-11-4-12-26-49)52-27-17-24-48(40-52)62-55-30-15-13-28-53(55)61(45-22-9-3-10-23-45)54-29-14-16-31-56(54)62/h1-48H;1-42H. The number of nitrogens with zero attached hydrogens (tertiary/aromatic N) is 4. The molecule has 0 aliphatic carbocycles. The van der Waals surface area contributed by atoms with Gasteiger partial charge in [-0.15, -0.1) is 0 Å². The molecule has 4 nitrogen and oxygen atoms in total. The molecule has 27 aromatic rings. The Morgan fingerprint density at radius 3 is 0.750 bits per heavy atom. The van der Waals surface area contributed by atoms with E-state index in [2.05, 4.69) is 565 Å². The molecule has 0 saturated heterocycles. The highest BCUT2D eigenvalue weighted by molar-refractivity contribution is 6.32. The number of hydrogen-bond acceptors (Lipinski definition) is 2. The topological polar surface area (TPSA) is 16.3 Å². The SMILES string of the molecule is c1ccc(-c2ccc3c(c2)c2cc(-c4ccccc4)ccc2n3-c2ccc(N(c3ccccc3)c3c4ccccc4c(-c4c5ccccc5c(-c5cccc6ccccc56)c5ccccc45)c4ccccc34)cc2)cc1.c1ccc(-c2ccc3c(c2)c2cc(-c4ccccc4)ccc2n3-c2ccc(N(c3ccccc3)c3cccc(-c4c5ccccc5c(-c5ccccc5)c5ccccc45)c3)cc2)cc1. The first-order valence-electron chi connectivity index (χ1n) is 48.3. The van der Waals surface area contributed by atoms with E-state index in [1.165, 1.54) is 208 Å². The molecule has 0 fully saturated rings. The molecule has 0 aliphatic rings. The van der Waals surface area contributed by atoms with Gasteiger partial charge in [-0.1, -0.05) is 413 Å². The van der Waals surface area contributed by atoms with Gasteiger partial charge in [-0.25, -0.2) is 0 Å². The lowest BCUT2D eigenvalue weighted by molar-refractivity contribution is 1.17. The summed E-state index contributed by atoms with van der Waals surface area (Å²) in [5, 5.41) is 22.1. The number of aromatic nitrogens is 2. The van der Waals surface area contributed by atoms with Crippen molar-refractivity contribution in [2.45, 2.75) is 0 Å². The van der Waals surface area contributed by atoms with Gasteiger partial charge in [0.2, 0.25) is 0 Å². The van der Waals surface area contributed by atoms with E-state index in [4.69, 9.17) is 0 Å². The van der Waals surface area contributed by atoms with Crippen LogP contribution < -0.4 is 9.80 Å². The minimum Gasteiger partial charge on any atom is -0.310 e. The smallest absolute Gasteiger partial charge is 0.0618 e. The van der Waals surface area contributed by atoms with Crippen LogP contribution in [0.3, 0.4) is 0 Å². The van der Waals surface area contributed by atoms with E-state index in [0.29, 0.717) is 0 Å². The lowest BCUT2D eigenvalue weighted by Crippen LogP contribution is -2.11.